The molecule has 0 aliphatic carbocycles. The summed E-state index contributed by atoms with van der Waals surface area (Å²) in [5.41, 5.74) is 3.22. The minimum atomic E-state index is -0.362. The standard InChI is InChI=1S/C16H16O4/c1-10(2)8-18-9-13-15-12(5-6-19-15)7-11-3-4-14(17)20-16(11)13/h3-4,7-8H,5-6,9H2,1-2H3. The number of fused-ring (bicyclic) bond motifs is 2. The van der Waals surface area contributed by atoms with Gasteiger partial charge in [0.2, 0.25) is 0 Å². The fraction of sp³-hybridized carbons (Fsp3) is 0.312. The number of hydrogen-bond donors (Lipinski definition) is 0. The molecule has 0 N–H and O–H groups in total. The largest absolute Gasteiger partial charge is 0.496 e. The molecule has 0 unspecified atom stereocenters. The smallest absolute Gasteiger partial charge is 0.336 e. The average Bonchev–Trinajstić information content (AvgIpc) is 2.86. The van der Waals surface area contributed by atoms with E-state index in [0.717, 1.165) is 34.3 Å². The molecule has 20 heavy (non-hydrogen) atoms. The Kier molecular flexibility index (Phi) is 3.22. The van der Waals surface area contributed by atoms with Crippen LogP contribution in [0.15, 0.2) is 39.2 Å². The van der Waals surface area contributed by atoms with Gasteiger partial charge in [0, 0.05) is 17.9 Å². The topological polar surface area (TPSA) is 48.7 Å². The van der Waals surface area contributed by atoms with E-state index in [4.69, 9.17) is 13.9 Å². The first-order chi connectivity index (χ1) is 9.65. The Hall–Kier alpha value is -2.23. The molecule has 104 valence electrons. The number of benzene rings is 1. The Morgan fingerprint density at radius 3 is 3.05 bits per heavy atom. The van der Waals surface area contributed by atoms with Gasteiger partial charge < -0.3 is 13.9 Å². The SMILES string of the molecule is CC(C)=COCc1c2c(cc3ccc(=O)oc13)CCO2. The van der Waals surface area contributed by atoms with Gasteiger partial charge in [0.1, 0.15) is 17.9 Å². The Bertz CT molecular complexity index is 736. The molecule has 3 rings (SSSR count). The summed E-state index contributed by atoms with van der Waals surface area (Å²) >= 11 is 0. The molecule has 1 aliphatic heterocycles. The van der Waals surface area contributed by atoms with Crippen molar-refractivity contribution in [3.63, 3.8) is 0 Å². The normalized spacial score (nSPS) is 12.9. The van der Waals surface area contributed by atoms with Gasteiger partial charge in [0.15, 0.2) is 0 Å². The van der Waals surface area contributed by atoms with Crippen molar-refractivity contribution >= 4 is 11.0 Å². The van der Waals surface area contributed by atoms with Gasteiger partial charge in [-0.25, -0.2) is 4.79 Å². The third kappa shape index (κ3) is 2.29. The molecule has 4 heteroatoms. The van der Waals surface area contributed by atoms with Crippen molar-refractivity contribution in [1.82, 2.24) is 0 Å². The van der Waals surface area contributed by atoms with Gasteiger partial charge in [-0.2, -0.15) is 0 Å². The molecule has 2 heterocycles. The van der Waals surface area contributed by atoms with Gasteiger partial charge in [-0.1, -0.05) is 0 Å². The first-order valence-electron chi connectivity index (χ1n) is 6.61. The van der Waals surface area contributed by atoms with Crippen LogP contribution < -0.4 is 10.4 Å². The minimum absolute atomic E-state index is 0.331. The number of hydrogen-bond acceptors (Lipinski definition) is 4. The second-order valence-corrected chi connectivity index (χ2v) is 5.12. The van der Waals surface area contributed by atoms with Crippen LogP contribution in [0.2, 0.25) is 0 Å². The summed E-state index contributed by atoms with van der Waals surface area (Å²) in [5.74, 6) is 0.800. The van der Waals surface area contributed by atoms with Crippen molar-refractivity contribution in [2.24, 2.45) is 0 Å². The molecule has 0 amide bonds. The summed E-state index contributed by atoms with van der Waals surface area (Å²) in [6, 6.07) is 5.24. The van der Waals surface area contributed by atoms with Crippen LogP contribution in [-0.4, -0.2) is 6.61 Å². The van der Waals surface area contributed by atoms with Crippen LogP contribution in [0.1, 0.15) is 25.0 Å². The van der Waals surface area contributed by atoms with Crippen LogP contribution >= 0.6 is 0 Å². The van der Waals surface area contributed by atoms with Gasteiger partial charge in [-0.3, -0.25) is 0 Å². The average molecular weight is 272 g/mol. The maximum Gasteiger partial charge on any atom is 0.336 e. The molecule has 0 radical (unpaired) electrons. The fourth-order valence-corrected chi connectivity index (χ4v) is 2.38. The van der Waals surface area contributed by atoms with E-state index in [1.807, 2.05) is 19.9 Å². The molecule has 0 fully saturated rings. The van der Waals surface area contributed by atoms with E-state index in [-0.39, 0.29) is 5.63 Å². The molecule has 2 aromatic rings. The van der Waals surface area contributed by atoms with Gasteiger partial charge in [-0.05, 0) is 37.1 Å². The Morgan fingerprint density at radius 2 is 2.25 bits per heavy atom. The van der Waals surface area contributed by atoms with Crippen molar-refractivity contribution in [2.75, 3.05) is 6.61 Å². The van der Waals surface area contributed by atoms with Crippen molar-refractivity contribution in [3.8, 4) is 5.75 Å². The second-order valence-electron chi connectivity index (χ2n) is 5.12. The predicted molar refractivity (Wildman–Crippen MR) is 75.9 cm³/mol. The predicted octanol–water partition coefficient (Wildman–Crippen LogP) is 3.17. The lowest BCUT2D eigenvalue weighted by atomic mass is 10.0. The van der Waals surface area contributed by atoms with Crippen LogP contribution in [0.5, 0.6) is 5.75 Å². The maximum absolute atomic E-state index is 11.5. The van der Waals surface area contributed by atoms with Crippen LogP contribution in [0.4, 0.5) is 0 Å². The van der Waals surface area contributed by atoms with Gasteiger partial charge in [-0.15, -0.1) is 0 Å². The quantitative estimate of drug-likeness (QED) is 0.636. The van der Waals surface area contributed by atoms with Crippen LogP contribution in [-0.2, 0) is 17.8 Å². The highest BCUT2D eigenvalue weighted by atomic mass is 16.5. The molecule has 1 aliphatic rings. The van der Waals surface area contributed by atoms with Crippen LogP contribution in [0.3, 0.4) is 0 Å². The van der Waals surface area contributed by atoms with Crippen LogP contribution in [0.25, 0.3) is 11.0 Å². The molecule has 0 bridgehead atoms. The molecule has 0 saturated heterocycles. The van der Waals surface area contributed by atoms with Crippen molar-refractivity contribution in [3.05, 3.63) is 51.6 Å². The first-order valence-corrected chi connectivity index (χ1v) is 6.61. The number of rotatable bonds is 3. The summed E-state index contributed by atoms with van der Waals surface area (Å²) in [7, 11) is 0. The minimum Gasteiger partial charge on any atom is -0.496 e. The zero-order valence-electron chi connectivity index (χ0n) is 11.6. The van der Waals surface area contributed by atoms with Gasteiger partial charge in [0.25, 0.3) is 0 Å². The van der Waals surface area contributed by atoms with E-state index in [1.54, 1.807) is 12.3 Å². The Labute approximate surface area is 116 Å². The highest BCUT2D eigenvalue weighted by molar-refractivity contribution is 5.83. The van der Waals surface area contributed by atoms with E-state index < -0.39 is 0 Å². The van der Waals surface area contributed by atoms with E-state index in [1.165, 1.54) is 6.07 Å². The highest BCUT2D eigenvalue weighted by Crippen LogP contribution is 2.36. The fourth-order valence-electron chi connectivity index (χ4n) is 2.38. The lowest BCUT2D eigenvalue weighted by Crippen LogP contribution is -2.00. The number of ether oxygens (including phenoxy) is 2. The lowest BCUT2D eigenvalue weighted by Gasteiger charge is -2.10. The van der Waals surface area contributed by atoms with E-state index >= 15 is 0 Å². The van der Waals surface area contributed by atoms with Crippen molar-refractivity contribution < 1.29 is 13.9 Å². The Balaban J connectivity index is 2.13. The van der Waals surface area contributed by atoms with Crippen molar-refractivity contribution in [1.29, 1.82) is 0 Å². The third-order valence-corrected chi connectivity index (χ3v) is 3.20. The van der Waals surface area contributed by atoms with Gasteiger partial charge in [0.05, 0.1) is 18.4 Å². The molecular weight excluding hydrogens is 256 g/mol. The van der Waals surface area contributed by atoms with E-state index in [9.17, 15) is 4.79 Å². The summed E-state index contributed by atoms with van der Waals surface area (Å²) in [4.78, 5) is 11.5. The molecule has 0 spiro atoms. The maximum atomic E-state index is 11.5. The summed E-state index contributed by atoms with van der Waals surface area (Å²) < 4.78 is 16.6. The second kappa shape index (κ2) is 5.04. The zero-order valence-corrected chi connectivity index (χ0v) is 11.6. The molecular formula is C16H16O4. The summed E-state index contributed by atoms with van der Waals surface area (Å²) in [5, 5.41) is 0.907. The summed E-state index contributed by atoms with van der Waals surface area (Å²) in [6.45, 7) is 4.91. The van der Waals surface area contributed by atoms with Gasteiger partial charge >= 0.3 is 5.63 Å². The summed E-state index contributed by atoms with van der Waals surface area (Å²) in [6.07, 6.45) is 2.57. The zero-order chi connectivity index (χ0) is 14.1. The third-order valence-electron chi connectivity index (χ3n) is 3.20. The molecule has 1 aromatic carbocycles. The lowest BCUT2D eigenvalue weighted by molar-refractivity contribution is 0.227. The van der Waals surface area contributed by atoms with Crippen molar-refractivity contribution in [2.45, 2.75) is 26.9 Å². The Morgan fingerprint density at radius 1 is 1.40 bits per heavy atom. The molecule has 4 nitrogen and oxygen atoms in total. The monoisotopic (exact) mass is 272 g/mol. The molecule has 0 saturated carbocycles. The highest BCUT2D eigenvalue weighted by Gasteiger charge is 2.21. The van der Waals surface area contributed by atoms with E-state index in [2.05, 4.69) is 0 Å². The van der Waals surface area contributed by atoms with E-state index in [0.29, 0.717) is 18.8 Å². The first kappa shape index (κ1) is 12.8. The van der Waals surface area contributed by atoms with Crippen LogP contribution in [0, 0.1) is 0 Å². The number of allylic oxidation sites excluding steroid dienone is 1. The molecule has 1 aromatic heterocycles. The molecule has 0 atom stereocenters.